The highest BCUT2D eigenvalue weighted by Crippen LogP contribution is 2.39. The molecule has 0 saturated heterocycles. The molecule has 122 valence electrons. The zero-order chi connectivity index (χ0) is 16.9. The minimum atomic E-state index is -0.667. The molecule has 6 heteroatoms. The van der Waals surface area contributed by atoms with Gasteiger partial charge in [-0.15, -0.1) is 0 Å². The normalized spacial score (nSPS) is 13.3. The van der Waals surface area contributed by atoms with Gasteiger partial charge in [0, 0.05) is 18.2 Å². The number of phenols is 1. The smallest absolute Gasteiger partial charge is 0.129 e. The van der Waals surface area contributed by atoms with Gasteiger partial charge >= 0.3 is 0 Å². The van der Waals surface area contributed by atoms with Gasteiger partial charge in [-0.1, -0.05) is 27.5 Å². The van der Waals surface area contributed by atoms with E-state index in [1.165, 1.54) is 0 Å². The fourth-order valence-corrected chi connectivity index (χ4v) is 3.84. The van der Waals surface area contributed by atoms with Gasteiger partial charge in [-0.3, -0.25) is 4.90 Å². The molecule has 0 aromatic heterocycles. The Bertz CT molecular complexity index is 483. The van der Waals surface area contributed by atoms with Gasteiger partial charge in [0.15, 0.2) is 0 Å². The van der Waals surface area contributed by atoms with Gasteiger partial charge in [0.25, 0.3) is 0 Å². The number of benzene rings is 1. The number of aryl methyl sites for hydroxylation is 1. The fraction of sp³-hybridized carbons (Fsp3) is 0.625. The van der Waals surface area contributed by atoms with Crippen molar-refractivity contribution in [3.63, 3.8) is 0 Å². The van der Waals surface area contributed by atoms with E-state index >= 15 is 0 Å². The van der Waals surface area contributed by atoms with E-state index in [-0.39, 0.29) is 0 Å². The topological polar surface area (TPSA) is 26.7 Å². The van der Waals surface area contributed by atoms with Crippen LogP contribution in [0.3, 0.4) is 0 Å². The summed E-state index contributed by atoms with van der Waals surface area (Å²) < 4.78 is 0. The highest BCUT2D eigenvalue weighted by Gasteiger charge is 2.15. The Labute approximate surface area is 151 Å². The lowest BCUT2D eigenvalue weighted by atomic mass is 10.1. The number of rotatable bonds is 8. The van der Waals surface area contributed by atoms with E-state index in [4.69, 9.17) is 7.57 Å². The number of phenolic OH excluding ortho intramolecular Hbond substituents is 1. The lowest BCUT2D eigenvalue weighted by molar-refractivity contribution is 0.199. The Morgan fingerprint density at radius 3 is 2.41 bits per heavy atom. The molecule has 0 spiro atoms. The highest BCUT2D eigenvalue weighted by molar-refractivity contribution is 14.2. The summed E-state index contributed by atoms with van der Waals surface area (Å²) in [4.78, 5) is 4.62. The standard InChI is InChI=1S/C16H27BIN2OP/c1-12(2)20(8-6-7-19(4)5)11-14-10-15(22(17)18)9-13(3)16(14)21/h9-10,12,21H,6-8,11H2,1-5H3. The van der Waals surface area contributed by atoms with E-state index in [1.54, 1.807) is 0 Å². The van der Waals surface area contributed by atoms with Crippen LogP contribution in [-0.2, 0) is 6.54 Å². The van der Waals surface area contributed by atoms with Crippen LogP contribution in [0.15, 0.2) is 12.1 Å². The van der Waals surface area contributed by atoms with Crippen LogP contribution < -0.4 is 5.30 Å². The van der Waals surface area contributed by atoms with E-state index < -0.39 is 5.44 Å². The van der Waals surface area contributed by atoms with Crippen molar-refractivity contribution in [1.29, 1.82) is 0 Å². The molecule has 0 saturated carbocycles. The third kappa shape index (κ3) is 6.35. The lowest BCUT2D eigenvalue weighted by Crippen LogP contribution is -2.33. The largest absolute Gasteiger partial charge is 0.507 e. The van der Waals surface area contributed by atoms with Crippen molar-refractivity contribution in [2.24, 2.45) is 0 Å². The Hall–Kier alpha value is 0.165. The second kappa shape index (κ2) is 9.46. The van der Waals surface area contributed by atoms with Crippen LogP contribution in [0.25, 0.3) is 0 Å². The predicted octanol–water partition coefficient (Wildman–Crippen LogP) is 3.40. The highest BCUT2D eigenvalue weighted by atomic mass is 127. The first-order valence-corrected chi connectivity index (χ1v) is 11.8. The zero-order valence-electron chi connectivity index (χ0n) is 14.3. The molecular formula is C16H27BIN2OP. The summed E-state index contributed by atoms with van der Waals surface area (Å²) >= 11 is 2.27. The van der Waals surface area contributed by atoms with Gasteiger partial charge in [-0.05, 0) is 77.4 Å². The van der Waals surface area contributed by atoms with Gasteiger partial charge in [0.1, 0.15) is 13.3 Å². The van der Waals surface area contributed by atoms with Gasteiger partial charge in [-0.25, -0.2) is 0 Å². The average Bonchev–Trinajstić information content (AvgIpc) is 2.41. The first-order chi connectivity index (χ1) is 10.2. The van der Waals surface area contributed by atoms with E-state index in [0.717, 1.165) is 42.5 Å². The molecule has 3 nitrogen and oxygen atoms in total. The number of hydrogen-bond acceptors (Lipinski definition) is 3. The van der Waals surface area contributed by atoms with Crippen LogP contribution in [0.2, 0.25) is 0 Å². The van der Waals surface area contributed by atoms with Crippen molar-refractivity contribution < 1.29 is 5.11 Å². The maximum atomic E-state index is 10.4. The minimum absolute atomic E-state index is 0.412. The first kappa shape index (κ1) is 20.2. The summed E-state index contributed by atoms with van der Waals surface area (Å²) in [5.74, 6) is 0.412. The van der Waals surface area contributed by atoms with Crippen molar-refractivity contribution in [2.45, 2.75) is 39.8 Å². The molecule has 0 aliphatic heterocycles. The molecule has 1 atom stereocenters. The fourth-order valence-electron chi connectivity index (χ4n) is 2.40. The van der Waals surface area contributed by atoms with E-state index in [0.29, 0.717) is 11.8 Å². The molecule has 22 heavy (non-hydrogen) atoms. The number of hydrogen-bond donors (Lipinski definition) is 1. The molecule has 0 aliphatic carbocycles. The molecule has 0 bridgehead atoms. The third-order valence-electron chi connectivity index (χ3n) is 3.77. The first-order valence-electron chi connectivity index (χ1n) is 7.64. The summed E-state index contributed by atoms with van der Waals surface area (Å²) in [6, 6.07) is 4.52. The molecule has 2 radical (unpaired) electrons. The molecular weight excluding hydrogens is 405 g/mol. The molecule has 1 rings (SSSR count). The summed E-state index contributed by atoms with van der Waals surface area (Å²) in [5, 5.41) is 11.5. The van der Waals surface area contributed by atoms with Crippen molar-refractivity contribution in [2.75, 3.05) is 27.2 Å². The monoisotopic (exact) mass is 432 g/mol. The van der Waals surface area contributed by atoms with Crippen molar-refractivity contribution >= 4 is 40.4 Å². The maximum Gasteiger partial charge on any atom is 0.129 e. The van der Waals surface area contributed by atoms with Gasteiger partial charge in [-0.2, -0.15) is 0 Å². The van der Waals surface area contributed by atoms with Crippen LogP contribution in [-0.4, -0.2) is 55.7 Å². The van der Waals surface area contributed by atoms with Crippen LogP contribution in [0, 0.1) is 6.92 Å². The quantitative estimate of drug-likeness (QED) is 0.388. The predicted molar refractivity (Wildman–Crippen MR) is 108 cm³/mol. The third-order valence-corrected chi connectivity index (χ3v) is 6.19. The molecule has 1 aromatic carbocycles. The number of aromatic hydroxyl groups is 1. The average molecular weight is 432 g/mol. The molecule has 0 amide bonds. The Morgan fingerprint density at radius 2 is 1.91 bits per heavy atom. The Balaban J connectivity index is 2.88. The molecule has 1 aromatic rings. The summed E-state index contributed by atoms with van der Waals surface area (Å²) in [5.41, 5.74) is 1.24. The SMILES string of the molecule is [B]P(I)c1cc(C)c(O)c(CN(CCCN(C)C)C(C)C)c1. The van der Waals surface area contributed by atoms with Crippen LogP contribution in [0.5, 0.6) is 5.75 Å². The van der Waals surface area contributed by atoms with E-state index in [1.807, 2.05) is 13.0 Å². The van der Waals surface area contributed by atoms with E-state index in [2.05, 4.69) is 65.8 Å². The summed E-state index contributed by atoms with van der Waals surface area (Å²) in [6.07, 6.45) is 1.13. The Morgan fingerprint density at radius 1 is 1.27 bits per heavy atom. The minimum Gasteiger partial charge on any atom is -0.507 e. The lowest BCUT2D eigenvalue weighted by Gasteiger charge is -2.28. The summed E-state index contributed by atoms with van der Waals surface area (Å²) in [7, 11) is 10.3. The number of halogens is 1. The van der Waals surface area contributed by atoms with Crippen molar-refractivity contribution in [1.82, 2.24) is 9.80 Å². The molecule has 0 heterocycles. The second-order valence-electron chi connectivity index (χ2n) is 6.30. The van der Waals surface area contributed by atoms with Crippen molar-refractivity contribution in [3.8, 4) is 5.75 Å². The molecule has 1 unspecified atom stereocenters. The molecule has 1 N–H and O–H groups in total. The van der Waals surface area contributed by atoms with Crippen molar-refractivity contribution in [3.05, 3.63) is 23.3 Å². The van der Waals surface area contributed by atoms with Gasteiger partial charge in [0.2, 0.25) is 0 Å². The van der Waals surface area contributed by atoms with Gasteiger partial charge < -0.3 is 10.0 Å². The van der Waals surface area contributed by atoms with Gasteiger partial charge in [0.05, 0.1) is 0 Å². The maximum absolute atomic E-state index is 10.4. The van der Waals surface area contributed by atoms with Crippen LogP contribution in [0.1, 0.15) is 31.4 Å². The second-order valence-corrected chi connectivity index (χ2v) is 10.6. The number of nitrogens with zero attached hydrogens (tertiary/aromatic N) is 2. The zero-order valence-corrected chi connectivity index (χ0v) is 17.4. The Kier molecular flexibility index (Phi) is 8.69. The van der Waals surface area contributed by atoms with E-state index in [9.17, 15) is 5.11 Å². The summed E-state index contributed by atoms with van der Waals surface area (Å²) in [6.45, 7) is 9.24. The van der Waals surface area contributed by atoms with Crippen LogP contribution >= 0.6 is 27.5 Å². The van der Waals surface area contributed by atoms with Crippen LogP contribution in [0.4, 0.5) is 0 Å². The molecule has 0 fully saturated rings. The molecule has 0 aliphatic rings.